The van der Waals surface area contributed by atoms with Gasteiger partial charge in [-0.2, -0.15) is 0 Å². The van der Waals surface area contributed by atoms with Crippen molar-refractivity contribution in [1.82, 2.24) is 0 Å². The molecule has 0 aliphatic carbocycles. The maximum Gasteiger partial charge on any atom is 0.234 e. The lowest BCUT2D eigenvalue weighted by molar-refractivity contribution is -0.175. The quantitative estimate of drug-likeness (QED) is 0.607. The van der Waals surface area contributed by atoms with Crippen LogP contribution >= 0.6 is 0 Å². The SMILES string of the molecule is CCOC(C)(Oc1ccc2ccccc2c1)c1ccccc1. The highest BCUT2D eigenvalue weighted by Gasteiger charge is 2.29. The molecule has 2 nitrogen and oxygen atoms in total. The molecule has 3 rings (SSSR count). The number of fused-ring (bicyclic) bond motifs is 1. The first kappa shape index (κ1) is 14.6. The van der Waals surface area contributed by atoms with Gasteiger partial charge in [-0.25, -0.2) is 0 Å². The summed E-state index contributed by atoms with van der Waals surface area (Å²) in [7, 11) is 0. The zero-order valence-corrected chi connectivity index (χ0v) is 13.0. The van der Waals surface area contributed by atoms with Gasteiger partial charge in [0.2, 0.25) is 5.79 Å². The summed E-state index contributed by atoms with van der Waals surface area (Å²) >= 11 is 0. The standard InChI is InChI=1S/C20H20O2/c1-3-21-20(2,18-11-5-4-6-12-18)22-19-14-13-16-9-7-8-10-17(16)15-19/h4-15H,3H2,1-2H3. The van der Waals surface area contributed by atoms with Gasteiger partial charge in [0.1, 0.15) is 5.75 Å². The van der Waals surface area contributed by atoms with Crippen LogP contribution in [0.15, 0.2) is 72.8 Å². The molecule has 0 radical (unpaired) electrons. The van der Waals surface area contributed by atoms with Gasteiger partial charge in [-0.05, 0) is 29.8 Å². The van der Waals surface area contributed by atoms with E-state index in [0.29, 0.717) is 6.61 Å². The highest BCUT2D eigenvalue weighted by molar-refractivity contribution is 5.83. The van der Waals surface area contributed by atoms with Gasteiger partial charge >= 0.3 is 0 Å². The molecule has 0 fully saturated rings. The summed E-state index contributed by atoms with van der Waals surface area (Å²) < 4.78 is 12.1. The van der Waals surface area contributed by atoms with Crippen molar-refractivity contribution < 1.29 is 9.47 Å². The molecule has 2 heteroatoms. The average Bonchev–Trinajstić information content (AvgIpc) is 2.56. The maximum atomic E-state index is 6.21. The summed E-state index contributed by atoms with van der Waals surface area (Å²) in [6.45, 7) is 4.52. The summed E-state index contributed by atoms with van der Waals surface area (Å²) in [6, 6.07) is 24.4. The van der Waals surface area contributed by atoms with Gasteiger partial charge in [0.15, 0.2) is 0 Å². The highest BCUT2D eigenvalue weighted by atomic mass is 16.7. The van der Waals surface area contributed by atoms with E-state index < -0.39 is 5.79 Å². The Morgan fingerprint density at radius 2 is 1.50 bits per heavy atom. The Morgan fingerprint density at radius 3 is 2.23 bits per heavy atom. The Kier molecular flexibility index (Phi) is 4.12. The third-order valence-corrected chi connectivity index (χ3v) is 3.75. The van der Waals surface area contributed by atoms with Crippen LogP contribution in [-0.2, 0) is 10.5 Å². The van der Waals surface area contributed by atoms with Crippen LogP contribution in [0, 0.1) is 0 Å². The Morgan fingerprint density at radius 1 is 0.818 bits per heavy atom. The molecule has 3 aromatic carbocycles. The number of rotatable bonds is 5. The Hall–Kier alpha value is -2.32. The lowest BCUT2D eigenvalue weighted by atomic mass is 10.1. The minimum atomic E-state index is -0.793. The van der Waals surface area contributed by atoms with E-state index in [9.17, 15) is 0 Å². The zero-order chi connectivity index (χ0) is 15.4. The summed E-state index contributed by atoms with van der Waals surface area (Å²) in [4.78, 5) is 0. The molecule has 112 valence electrons. The van der Waals surface area contributed by atoms with Gasteiger partial charge in [-0.3, -0.25) is 0 Å². The number of hydrogen-bond acceptors (Lipinski definition) is 2. The smallest absolute Gasteiger partial charge is 0.234 e. The molecular formula is C20H20O2. The lowest BCUT2D eigenvalue weighted by Gasteiger charge is -2.31. The molecule has 0 aliphatic heterocycles. The fourth-order valence-electron chi connectivity index (χ4n) is 2.64. The summed E-state index contributed by atoms with van der Waals surface area (Å²) in [5.74, 6) is 0.0110. The Bertz CT molecular complexity index is 752. The van der Waals surface area contributed by atoms with Crippen molar-refractivity contribution in [3.8, 4) is 5.75 Å². The minimum Gasteiger partial charge on any atom is -0.458 e. The second-order valence-corrected chi connectivity index (χ2v) is 5.36. The highest BCUT2D eigenvalue weighted by Crippen LogP contribution is 2.31. The molecule has 0 saturated carbocycles. The normalized spacial score (nSPS) is 13.7. The van der Waals surface area contributed by atoms with Crippen LogP contribution in [-0.4, -0.2) is 6.61 Å². The minimum absolute atomic E-state index is 0.582. The van der Waals surface area contributed by atoms with Gasteiger partial charge in [0.05, 0.1) is 0 Å². The van der Waals surface area contributed by atoms with Crippen LogP contribution in [0.25, 0.3) is 10.8 Å². The lowest BCUT2D eigenvalue weighted by Crippen LogP contribution is -2.32. The topological polar surface area (TPSA) is 18.5 Å². The molecule has 0 heterocycles. The van der Waals surface area contributed by atoms with Crippen LogP contribution in [0.5, 0.6) is 5.75 Å². The van der Waals surface area contributed by atoms with E-state index in [1.807, 2.05) is 62.4 Å². The molecule has 0 aliphatic rings. The van der Waals surface area contributed by atoms with E-state index >= 15 is 0 Å². The molecule has 0 saturated heterocycles. The molecule has 1 atom stereocenters. The van der Waals surface area contributed by atoms with E-state index in [4.69, 9.17) is 9.47 Å². The third-order valence-electron chi connectivity index (χ3n) is 3.75. The van der Waals surface area contributed by atoms with Crippen molar-refractivity contribution in [1.29, 1.82) is 0 Å². The molecule has 0 amide bonds. The maximum absolute atomic E-state index is 6.21. The van der Waals surface area contributed by atoms with Gasteiger partial charge in [0.25, 0.3) is 0 Å². The van der Waals surface area contributed by atoms with Gasteiger partial charge in [0, 0.05) is 19.1 Å². The van der Waals surface area contributed by atoms with Gasteiger partial charge < -0.3 is 9.47 Å². The van der Waals surface area contributed by atoms with Crippen molar-refractivity contribution in [3.05, 3.63) is 78.4 Å². The van der Waals surface area contributed by atoms with Crippen LogP contribution in [0.3, 0.4) is 0 Å². The molecule has 22 heavy (non-hydrogen) atoms. The first-order valence-electron chi connectivity index (χ1n) is 7.58. The first-order chi connectivity index (χ1) is 10.7. The first-order valence-corrected chi connectivity index (χ1v) is 7.58. The molecule has 0 N–H and O–H groups in total. The van der Waals surface area contributed by atoms with Crippen molar-refractivity contribution in [2.45, 2.75) is 19.6 Å². The second kappa shape index (κ2) is 6.20. The van der Waals surface area contributed by atoms with Gasteiger partial charge in [-0.1, -0.05) is 60.7 Å². The van der Waals surface area contributed by atoms with Crippen LogP contribution in [0.1, 0.15) is 19.4 Å². The van der Waals surface area contributed by atoms with E-state index in [-0.39, 0.29) is 0 Å². The fraction of sp³-hybridized carbons (Fsp3) is 0.200. The number of ether oxygens (including phenoxy) is 2. The fourth-order valence-corrected chi connectivity index (χ4v) is 2.64. The van der Waals surface area contributed by atoms with Crippen molar-refractivity contribution in [3.63, 3.8) is 0 Å². The predicted octanol–water partition coefficient (Wildman–Crippen LogP) is 5.13. The van der Waals surface area contributed by atoms with Crippen molar-refractivity contribution in [2.24, 2.45) is 0 Å². The Labute approximate surface area is 131 Å². The second-order valence-electron chi connectivity index (χ2n) is 5.36. The molecular weight excluding hydrogens is 272 g/mol. The van der Waals surface area contributed by atoms with E-state index in [0.717, 1.165) is 16.7 Å². The molecule has 0 aromatic heterocycles. The molecule has 0 spiro atoms. The van der Waals surface area contributed by atoms with Gasteiger partial charge in [-0.15, -0.1) is 0 Å². The predicted molar refractivity (Wildman–Crippen MR) is 90.0 cm³/mol. The van der Waals surface area contributed by atoms with Crippen LogP contribution in [0.2, 0.25) is 0 Å². The number of hydrogen-bond donors (Lipinski definition) is 0. The van der Waals surface area contributed by atoms with E-state index in [1.165, 1.54) is 5.39 Å². The summed E-state index contributed by atoms with van der Waals surface area (Å²) in [5, 5.41) is 2.36. The molecule has 3 aromatic rings. The summed E-state index contributed by atoms with van der Waals surface area (Å²) in [6.07, 6.45) is 0. The van der Waals surface area contributed by atoms with Crippen LogP contribution < -0.4 is 4.74 Å². The van der Waals surface area contributed by atoms with Crippen LogP contribution in [0.4, 0.5) is 0 Å². The largest absolute Gasteiger partial charge is 0.458 e. The Balaban J connectivity index is 1.95. The van der Waals surface area contributed by atoms with Crippen molar-refractivity contribution in [2.75, 3.05) is 6.61 Å². The number of benzene rings is 3. The van der Waals surface area contributed by atoms with Crippen molar-refractivity contribution >= 4 is 10.8 Å². The zero-order valence-electron chi connectivity index (χ0n) is 13.0. The third kappa shape index (κ3) is 2.97. The van der Waals surface area contributed by atoms with E-state index in [1.54, 1.807) is 0 Å². The van der Waals surface area contributed by atoms with E-state index in [2.05, 4.69) is 24.3 Å². The molecule has 0 bridgehead atoms. The average molecular weight is 292 g/mol. The summed E-state index contributed by atoms with van der Waals surface area (Å²) in [5.41, 5.74) is 1.00. The molecule has 1 unspecified atom stereocenters. The monoisotopic (exact) mass is 292 g/mol.